The molecule has 0 radical (unpaired) electrons. The third kappa shape index (κ3) is 2.68. The first-order valence-corrected chi connectivity index (χ1v) is 6.48. The Morgan fingerprint density at radius 3 is 2.76 bits per heavy atom. The van der Waals surface area contributed by atoms with Gasteiger partial charge in [-0.15, -0.1) is 0 Å². The van der Waals surface area contributed by atoms with Crippen LogP contribution in [0.5, 0.6) is 0 Å². The minimum absolute atomic E-state index is 0.129. The molecule has 1 N–H and O–H groups in total. The molecule has 0 aromatic carbocycles. The molecule has 4 heteroatoms. The smallest absolute Gasteiger partial charge is 0.273 e. The highest BCUT2D eigenvalue weighted by Gasteiger charge is 2.24. The predicted octanol–water partition coefficient (Wildman–Crippen LogP) is 2.78. The number of rotatable bonds is 3. The summed E-state index contributed by atoms with van der Waals surface area (Å²) in [5, 5.41) is 2.76. The van der Waals surface area contributed by atoms with Crippen molar-refractivity contribution in [3.8, 4) is 0 Å². The molecule has 0 aliphatic heterocycles. The van der Waals surface area contributed by atoms with Gasteiger partial charge in [-0.2, -0.15) is 0 Å². The lowest BCUT2D eigenvalue weighted by Gasteiger charge is -2.17. The molecule has 1 aliphatic carbocycles. The van der Waals surface area contributed by atoms with Crippen LogP contribution in [-0.2, 0) is 0 Å². The Balaban J connectivity index is 2.14. The first-order valence-electron chi connectivity index (χ1n) is 6.48. The molecular formula is C13H20N2O2. The van der Waals surface area contributed by atoms with Gasteiger partial charge in [0, 0.05) is 12.5 Å². The number of aryl methyl sites for hydroxylation is 1. The molecule has 1 amide bonds. The normalized spacial score (nSPS) is 17.1. The fraction of sp³-hybridized carbons (Fsp3) is 0.692. The third-order valence-corrected chi connectivity index (χ3v) is 3.32. The van der Waals surface area contributed by atoms with Crippen molar-refractivity contribution in [1.29, 1.82) is 0 Å². The van der Waals surface area contributed by atoms with Gasteiger partial charge in [0.2, 0.25) is 0 Å². The number of amides is 1. The third-order valence-electron chi connectivity index (χ3n) is 3.32. The highest BCUT2D eigenvalue weighted by Crippen LogP contribution is 2.32. The van der Waals surface area contributed by atoms with Gasteiger partial charge in [-0.1, -0.05) is 19.3 Å². The SMILES string of the molecule is CCNC(=O)c1nc(C2CCCCC2)oc1C. The Bertz CT molecular complexity index is 392. The van der Waals surface area contributed by atoms with E-state index < -0.39 is 0 Å². The average molecular weight is 236 g/mol. The average Bonchev–Trinajstić information content (AvgIpc) is 2.73. The summed E-state index contributed by atoms with van der Waals surface area (Å²) in [6.45, 7) is 4.32. The fourth-order valence-corrected chi connectivity index (χ4v) is 2.40. The lowest BCUT2D eigenvalue weighted by Crippen LogP contribution is -2.23. The first kappa shape index (κ1) is 12.1. The van der Waals surface area contributed by atoms with E-state index in [1.165, 1.54) is 19.3 Å². The zero-order valence-corrected chi connectivity index (χ0v) is 10.6. The molecule has 1 fully saturated rings. The number of carbonyl (C=O) groups excluding carboxylic acids is 1. The molecule has 17 heavy (non-hydrogen) atoms. The quantitative estimate of drug-likeness (QED) is 0.878. The van der Waals surface area contributed by atoms with Gasteiger partial charge >= 0.3 is 0 Å². The van der Waals surface area contributed by atoms with Crippen molar-refractivity contribution < 1.29 is 9.21 Å². The van der Waals surface area contributed by atoms with E-state index in [9.17, 15) is 4.79 Å². The molecule has 1 heterocycles. The molecule has 4 nitrogen and oxygen atoms in total. The van der Waals surface area contributed by atoms with E-state index in [1.54, 1.807) is 0 Å². The molecule has 0 bridgehead atoms. The molecule has 94 valence electrons. The molecule has 1 aromatic heterocycles. The predicted molar refractivity (Wildman–Crippen MR) is 65.1 cm³/mol. The summed E-state index contributed by atoms with van der Waals surface area (Å²) in [6.07, 6.45) is 6.05. The number of hydrogen-bond acceptors (Lipinski definition) is 3. The minimum atomic E-state index is -0.129. The lowest BCUT2D eigenvalue weighted by atomic mass is 9.89. The molecule has 0 saturated heterocycles. The van der Waals surface area contributed by atoms with Crippen molar-refractivity contribution >= 4 is 5.91 Å². The van der Waals surface area contributed by atoms with Crippen molar-refractivity contribution in [2.45, 2.75) is 51.9 Å². The van der Waals surface area contributed by atoms with Gasteiger partial charge in [-0.25, -0.2) is 4.98 Å². The standard InChI is InChI=1S/C13H20N2O2/c1-3-14-12(16)11-9(2)17-13(15-11)10-7-5-4-6-8-10/h10H,3-8H2,1-2H3,(H,14,16). The van der Waals surface area contributed by atoms with Crippen LogP contribution in [0, 0.1) is 6.92 Å². The fourth-order valence-electron chi connectivity index (χ4n) is 2.40. The van der Waals surface area contributed by atoms with Crippen LogP contribution in [-0.4, -0.2) is 17.4 Å². The van der Waals surface area contributed by atoms with Gasteiger partial charge in [0.25, 0.3) is 5.91 Å². The summed E-state index contributed by atoms with van der Waals surface area (Å²) in [4.78, 5) is 16.1. The Hall–Kier alpha value is -1.32. The summed E-state index contributed by atoms with van der Waals surface area (Å²) >= 11 is 0. The summed E-state index contributed by atoms with van der Waals surface area (Å²) in [5.74, 6) is 1.67. The maximum Gasteiger partial charge on any atom is 0.273 e. The minimum Gasteiger partial charge on any atom is -0.445 e. The lowest BCUT2D eigenvalue weighted by molar-refractivity contribution is 0.0950. The van der Waals surface area contributed by atoms with Crippen molar-refractivity contribution in [2.75, 3.05) is 6.54 Å². The Labute approximate surface area is 102 Å². The highest BCUT2D eigenvalue weighted by atomic mass is 16.4. The van der Waals surface area contributed by atoms with Crippen LogP contribution in [0.3, 0.4) is 0 Å². The van der Waals surface area contributed by atoms with Crippen molar-refractivity contribution in [3.05, 3.63) is 17.3 Å². The van der Waals surface area contributed by atoms with Gasteiger partial charge < -0.3 is 9.73 Å². The molecule has 2 rings (SSSR count). The van der Waals surface area contributed by atoms with Gasteiger partial charge in [0.1, 0.15) is 5.76 Å². The van der Waals surface area contributed by atoms with Crippen LogP contribution >= 0.6 is 0 Å². The number of oxazole rings is 1. The van der Waals surface area contributed by atoms with Crippen molar-refractivity contribution in [1.82, 2.24) is 10.3 Å². The highest BCUT2D eigenvalue weighted by molar-refractivity contribution is 5.93. The maximum absolute atomic E-state index is 11.7. The van der Waals surface area contributed by atoms with Crippen LogP contribution in [0.4, 0.5) is 0 Å². The molecular weight excluding hydrogens is 216 g/mol. The summed E-state index contributed by atoms with van der Waals surface area (Å²) in [5.41, 5.74) is 0.451. The molecule has 1 saturated carbocycles. The number of hydrogen-bond donors (Lipinski definition) is 1. The van der Waals surface area contributed by atoms with Crippen molar-refractivity contribution in [2.24, 2.45) is 0 Å². The van der Waals surface area contributed by atoms with E-state index >= 15 is 0 Å². The Kier molecular flexibility index (Phi) is 3.82. The van der Waals surface area contributed by atoms with Crippen LogP contribution in [0.1, 0.15) is 67.1 Å². The van der Waals surface area contributed by atoms with Crippen LogP contribution in [0.15, 0.2) is 4.42 Å². The van der Waals surface area contributed by atoms with Crippen LogP contribution < -0.4 is 5.32 Å². The maximum atomic E-state index is 11.7. The van der Waals surface area contributed by atoms with E-state index in [0.717, 1.165) is 18.7 Å². The van der Waals surface area contributed by atoms with Crippen molar-refractivity contribution in [3.63, 3.8) is 0 Å². The molecule has 0 spiro atoms. The molecule has 0 unspecified atom stereocenters. The first-order chi connectivity index (χ1) is 8.22. The van der Waals surface area contributed by atoms with Crippen LogP contribution in [0.25, 0.3) is 0 Å². The second kappa shape index (κ2) is 5.34. The van der Waals surface area contributed by atoms with Gasteiger partial charge in [-0.05, 0) is 26.7 Å². The van der Waals surface area contributed by atoms with Gasteiger partial charge in [0.05, 0.1) is 0 Å². The summed E-state index contributed by atoms with van der Waals surface area (Å²) < 4.78 is 5.65. The van der Waals surface area contributed by atoms with E-state index in [0.29, 0.717) is 23.9 Å². The number of carbonyl (C=O) groups is 1. The Morgan fingerprint density at radius 1 is 1.41 bits per heavy atom. The second-order valence-corrected chi connectivity index (χ2v) is 4.65. The van der Waals surface area contributed by atoms with E-state index in [4.69, 9.17) is 4.42 Å². The molecule has 1 aromatic rings. The Morgan fingerprint density at radius 2 is 2.12 bits per heavy atom. The number of nitrogens with zero attached hydrogens (tertiary/aromatic N) is 1. The van der Waals surface area contributed by atoms with Gasteiger partial charge in [-0.3, -0.25) is 4.79 Å². The topological polar surface area (TPSA) is 55.1 Å². The van der Waals surface area contributed by atoms with E-state index in [1.807, 2.05) is 13.8 Å². The van der Waals surface area contributed by atoms with Crippen LogP contribution in [0.2, 0.25) is 0 Å². The largest absolute Gasteiger partial charge is 0.445 e. The summed E-state index contributed by atoms with van der Waals surface area (Å²) in [7, 11) is 0. The zero-order chi connectivity index (χ0) is 12.3. The molecule has 0 atom stereocenters. The number of nitrogens with one attached hydrogen (secondary N) is 1. The second-order valence-electron chi connectivity index (χ2n) is 4.65. The molecule has 1 aliphatic rings. The van der Waals surface area contributed by atoms with E-state index in [-0.39, 0.29) is 5.91 Å². The number of aromatic nitrogens is 1. The zero-order valence-electron chi connectivity index (χ0n) is 10.6. The monoisotopic (exact) mass is 236 g/mol. The summed E-state index contributed by atoms with van der Waals surface area (Å²) in [6, 6.07) is 0. The van der Waals surface area contributed by atoms with E-state index in [2.05, 4.69) is 10.3 Å². The van der Waals surface area contributed by atoms with Gasteiger partial charge in [0.15, 0.2) is 11.6 Å².